The van der Waals surface area contributed by atoms with Gasteiger partial charge in [0.15, 0.2) is 0 Å². The van der Waals surface area contributed by atoms with Crippen LogP contribution >= 0.6 is 11.6 Å². The number of anilines is 2. The number of halogens is 1. The molecule has 0 aromatic heterocycles. The number of carbonyl (C=O) groups excluding carboxylic acids is 4. The van der Waals surface area contributed by atoms with Crippen molar-refractivity contribution in [2.24, 2.45) is 0 Å². The SMILES string of the molecule is CCOC(=O)c1cccc(N2C(=O)C(Cl)=C(Nc3cccc(C(=O)N4CCCCC4)c3)C2=O)c1. The van der Waals surface area contributed by atoms with Gasteiger partial charge in [-0.25, -0.2) is 9.69 Å². The Morgan fingerprint density at radius 2 is 1.68 bits per heavy atom. The Kier molecular flexibility index (Phi) is 6.98. The zero-order chi connectivity index (χ0) is 24.2. The molecule has 1 saturated heterocycles. The van der Waals surface area contributed by atoms with E-state index in [0.717, 1.165) is 37.3 Å². The molecule has 34 heavy (non-hydrogen) atoms. The number of hydrogen-bond acceptors (Lipinski definition) is 6. The highest BCUT2D eigenvalue weighted by Gasteiger charge is 2.39. The standard InChI is InChI=1S/C25H24ClN3O5/c1-2-34-25(33)17-9-7-11-19(15-17)29-23(31)20(26)21(24(29)32)27-18-10-6-8-16(14-18)22(30)28-12-4-3-5-13-28/h6-11,14-15,27H,2-5,12-13H2,1H3. The van der Waals surface area contributed by atoms with Crippen molar-refractivity contribution in [3.05, 3.63) is 70.4 Å². The Morgan fingerprint density at radius 1 is 0.971 bits per heavy atom. The molecule has 0 saturated carbocycles. The molecule has 0 bridgehead atoms. The van der Waals surface area contributed by atoms with Gasteiger partial charge in [0.25, 0.3) is 17.7 Å². The van der Waals surface area contributed by atoms with Gasteiger partial charge < -0.3 is 15.0 Å². The lowest BCUT2D eigenvalue weighted by molar-refractivity contribution is -0.120. The molecule has 0 spiro atoms. The quantitative estimate of drug-likeness (QED) is 0.496. The van der Waals surface area contributed by atoms with Crippen LogP contribution in [0.5, 0.6) is 0 Å². The molecule has 2 aromatic carbocycles. The van der Waals surface area contributed by atoms with Crippen LogP contribution in [0, 0.1) is 0 Å². The van der Waals surface area contributed by atoms with Gasteiger partial charge in [-0.1, -0.05) is 23.7 Å². The zero-order valence-electron chi connectivity index (χ0n) is 18.7. The Bertz CT molecular complexity index is 1190. The second-order valence-corrected chi connectivity index (χ2v) is 8.34. The first-order valence-corrected chi connectivity index (χ1v) is 11.5. The summed E-state index contributed by atoms with van der Waals surface area (Å²) in [5.74, 6) is -2.01. The molecule has 1 fully saturated rings. The number of likely N-dealkylation sites (tertiary alicyclic amines) is 1. The minimum absolute atomic E-state index is 0.0744. The molecule has 2 aliphatic heterocycles. The van der Waals surface area contributed by atoms with Crippen LogP contribution in [0.2, 0.25) is 0 Å². The molecule has 4 rings (SSSR count). The van der Waals surface area contributed by atoms with E-state index < -0.39 is 17.8 Å². The zero-order valence-corrected chi connectivity index (χ0v) is 19.4. The molecule has 2 aliphatic rings. The van der Waals surface area contributed by atoms with E-state index in [9.17, 15) is 19.2 Å². The summed E-state index contributed by atoms with van der Waals surface area (Å²) in [7, 11) is 0. The van der Waals surface area contributed by atoms with E-state index in [2.05, 4.69) is 5.32 Å². The number of hydrogen-bond donors (Lipinski definition) is 1. The van der Waals surface area contributed by atoms with Gasteiger partial charge >= 0.3 is 5.97 Å². The van der Waals surface area contributed by atoms with Crippen LogP contribution in [-0.2, 0) is 14.3 Å². The predicted molar refractivity (Wildman–Crippen MR) is 128 cm³/mol. The highest BCUT2D eigenvalue weighted by Crippen LogP contribution is 2.31. The molecule has 2 heterocycles. The van der Waals surface area contributed by atoms with Gasteiger partial charge in [0.2, 0.25) is 0 Å². The number of benzene rings is 2. The van der Waals surface area contributed by atoms with Crippen LogP contribution in [0.1, 0.15) is 46.9 Å². The fourth-order valence-corrected chi connectivity index (χ4v) is 4.20. The number of nitrogens with one attached hydrogen (secondary N) is 1. The number of imide groups is 1. The number of amides is 3. The number of ether oxygens (including phenoxy) is 1. The maximum absolute atomic E-state index is 13.1. The van der Waals surface area contributed by atoms with Crippen molar-refractivity contribution in [2.45, 2.75) is 26.2 Å². The normalized spacial score (nSPS) is 16.2. The van der Waals surface area contributed by atoms with Crippen LogP contribution in [-0.4, -0.2) is 48.3 Å². The Hall–Kier alpha value is -3.65. The highest BCUT2D eigenvalue weighted by atomic mass is 35.5. The van der Waals surface area contributed by atoms with Crippen molar-refractivity contribution in [1.82, 2.24) is 4.90 Å². The van der Waals surface area contributed by atoms with Crippen molar-refractivity contribution >= 4 is 46.7 Å². The van der Waals surface area contributed by atoms with E-state index in [-0.39, 0.29) is 34.5 Å². The van der Waals surface area contributed by atoms with Gasteiger partial charge in [-0.15, -0.1) is 0 Å². The fourth-order valence-electron chi connectivity index (χ4n) is 3.99. The van der Waals surface area contributed by atoms with Crippen molar-refractivity contribution in [3.8, 4) is 0 Å². The van der Waals surface area contributed by atoms with E-state index in [4.69, 9.17) is 16.3 Å². The lowest BCUT2D eigenvalue weighted by Crippen LogP contribution is -2.35. The lowest BCUT2D eigenvalue weighted by Gasteiger charge is -2.26. The molecule has 2 aromatic rings. The summed E-state index contributed by atoms with van der Waals surface area (Å²) in [6.45, 7) is 3.33. The average Bonchev–Trinajstić information content (AvgIpc) is 3.07. The van der Waals surface area contributed by atoms with Crippen molar-refractivity contribution in [2.75, 3.05) is 29.9 Å². The molecular formula is C25H24ClN3O5. The monoisotopic (exact) mass is 481 g/mol. The summed E-state index contributed by atoms with van der Waals surface area (Å²) in [5.41, 5.74) is 1.25. The van der Waals surface area contributed by atoms with E-state index in [1.54, 1.807) is 37.3 Å². The van der Waals surface area contributed by atoms with Crippen LogP contribution in [0.3, 0.4) is 0 Å². The van der Waals surface area contributed by atoms with Gasteiger partial charge in [-0.2, -0.15) is 0 Å². The average molecular weight is 482 g/mol. The molecule has 0 radical (unpaired) electrons. The molecule has 0 atom stereocenters. The third-order valence-corrected chi connectivity index (χ3v) is 6.02. The van der Waals surface area contributed by atoms with Crippen molar-refractivity contribution in [1.29, 1.82) is 0 Å². The van der Waals surface area contributed by atoms with Gasteiger partial charge in [-0.3, -0.25) is 14.4 Å². The number of rotatable bonds is 6. The number of nitrogens with zero attached hydrogens (tertiary/aromatic N) is 2. The number of piperidine rings is 1. The maximum Gasteiger partial charge on any atom is 0.338 e. The fraction of sp³-hybridized carbons (Fsp3) is 0.280. The molecule has 0 aliphatic carbocycles. The topological polar surface area (TPSA) is 96.0 Å². The number of carbonyl (C=O) groups is 4. The molecule has 0 unspecified atom stereocenters. The first kappa shape index (κ1) is 23.5. The molecule has 8 nitrogen and oxygen atoms in total. The summed E-state index contributed by atoms with van der Waals surface area (Å²) in [6, 6.07) is 12.8. The summed E-state index contributed by atoms with van der Waals surface area (Å²) < 4.78 is 4.99. The van der Waals surface area contributed by atoms with E-state index in [1.165, 1.54) is 18.2 Å². The molecule has 176 valence electrons. The highest BCUT2D eigenvalue weighted by molar-refractivity contribution is 6.53. The minimum atomic E-state index is -0.712. The summed E-state index contributed by atoms with van der Waals surface area (Å²) in [4.78, 5) is 53.5. The Labute approximate surface area is 202 Å². The molecular weight excluding hydrogens is 458 g/mol. The van der Waals surface area contributed by atoms with Crippen LogP contribution < -0.4 is 10.2 Å². The predicted octanol–water partition coefficient (Wildman–Crippen LogP) is 3.93. The third-order valence-electron chi connectivity index (χ3n) is 5.66. The van der Waals surface area contributed by atoms with Gasteiger partial charge in [0, 0.05) is 24.3 Å². The summed E-state index contributed by atoms with van der Waals surface area (Å²) in [6.07, 6.45) is 3.08. The van der Waals surface area contributed by atoms with E-state index in [0.29, 0.717) is 11.3 Å². The third kappa shape index (κ3) is 4.68. The lowest BCUT2D eigenvalue weighted by atomic mass is 10.1. The summed E-state index contributed by atoms with van der Waals surface area (Å²) in [5, 5.41) is 2.62. The van der Waals surface area contributed by atoms with E-state index >= 15 is 0 Å². The first-order valence-electron chi connectivity index (χ1n) is 11.1. The van der Waals surface area contributed by atoms with Gasteiger partial charge in [0.05, 0.1) is 17.9 Å². The number of esters is 1. The first-order chi connectivity index (χ1) is 16.4. The second kappa shape index (κ2) is 10.1. The smallest absolute Gasteiger partial charge is 0.338 e. The molecule has 9 heteroatoms. The van der Waals surface area contributed by atoms with Crippen LogP contribution in [0.25, 0.3) is 0 Å². The van der Waals surface area contributed by atoms with Crippen LogP contribution in [0.15, 0.2) is 59.3 Å². The van der Waals surface area contributed by atoms with Gasteiger partial charge in [0.1, 0.15) is 10.7 Å². The largest absolute Gasteiger partial charge is 0.462 e. The molecule has 3 amide bonds. The second-order valence-electron chi connectivity index (χ2n) is 7.96. The summed E-state index contributed by atoms with van der Waals surface area (Å²) >= 11 is 6.23. The van der Waals surface area contributed by atoms with Crippen molar-refractivity contribution < 1.29 is 23.9 Å². The Balaban J connectivity index is 1.54. The van der Waals surface area contributed by atoms with E-state index in [1.807, 2.05) is 4.90 Å². The van der Waals surface area contributed by atoms with Gasteiger partial charge in [-0.05, 0) is 62.6 Å². The van der Waals surface area contributed by atoms with Crippen LogP contribution in [0.4, 0.5) is 11.4 Å². The molecule has 1 N–H and O–H groups in total. The Morgan fingerprint density at radius 3 is 2.41 bits per heavy atom. The minimum Gasteiger partial charge on any atom is -0.462 e. The van der Waals surface area contributed by atoms with Crippen molar-refractivity contribution in [3.63, 3.8) is 0 Å². The maximum atomic E-state index is 13.1.